The number of nitrogens with zero attached hydrogens (tertiary/aromatic N) is 1. The predicted molar refractivity (Wildman–Crippen MR) is 61.9 cm³/mol. The van der Waals surface area contributed by atoms with Gasteiger partial charge in [0.15, 0.2) is 0 Å². The first-order chi connectivity index (χ1) is 7.07. The molecule has 0 bridgehead atoms. The van der Waals surface area contributed by atoms with Crippen LogP contribution >= 0.6 is 0 Å². The molecule has 0 spiro atoms. The molecule has 5 heteroatoms. The Kier molecular flexibility index (Phi) is 4.93. The summed E-state index contributed by atoms with van der Waals surface area (Å²) in [6.45, 7) is 8.74. The van der Waals surface area contributed by atoms with E-state index in [4.69, 9.17) is 10.8 Å². The molecule has 0 aromatic rings. The molecule has 0 saturated carbocycles. The number of carboxylic acid groups (broad SMARTS) is 1. The van der Waals surface area contributed by atoms with E-state index >= 15 is 0 Å². The maximum atomic E-state index is 12.0. The van der Waals surface area contributed by atoms with Gasteiger partial charge in [-0.25, -0.2) is 0 Å². The fourth-order valence-electron chi connectivity index (χ4n) is 1.25. The van der Waals surface area contributed by atoms with Crippen molar-refractivity contribution < 1.29 is 14.7 Å². The Bertz CT molecular complexity index is 269. The van der Waals surface area contributed by atoms with Gasteiger partial charge in [0.05, 0.1) is 6.04 Å². The van der Waals surface area contributed by atoms with Crippen LogP contribution < -0.4 is 5.73 Å². The van der Waals surface area contributed by atoms with Crippen LogP contribution in [-0.4, -0.2) is 40.0 Å². The van der Waals surface area contributed by atoms with Gasteiger partial charge in [0.1, 0.15) is 6.54 Å². The predicted octanol–water partition coefficient (Wildman–Crippen LogP) is 0.681. The molecule has 0 aromatic heterocycles. The standard InChI is InChI=1S/C11H22N2O3/c1-7(2)9(12)10(16)13(6-8(14)15)11(3,4)5/h7,9H,6,12H2,1-5H3,(H,14,15). The van der Waals surface area contributed by atoms with E-state index in [1.807, 2.05) is 13.8 Å². The molecule has 0 rings (SSSR count). The lowest BCUT2D eigenvalue weighted by molar-refractivity contribution is -0.149. The zero-order valence-corrected chi connectivity index (χ0v) is 10.7. The maximum absolute atomic E-state index is 12.0. The number of amides is 1. The minimum Gasteiger partial charge on any atom is -0.480 e. The van der Waals surface area contributed by atoms with Crippen LogP contribution in [0.15, 0.2) is 0 Å². The normalized spacial score (nSPS) is 13.7. The Morgan fingerprint density at radius 3 is 2.00 bits per heavy atom. The first-order valence-electron chi connectivity index (χ1n) is 5.36. The minimum atomic E-state index is -1.03. The first-order valence-corrected chi connectivity index (χ1v) is 5.36. The number of carboxylic acids is 1. The van der Waals surface area contributed by atoms with Gasteiger partial charge in [-0.3, -0.25) is 9.59 Å². The number of rotatable bonds is 4. The van der Waals surface area contributed by atoms with Crippen LogP contribution in [0.3, 0.4) is 0 Å². The Labute approximate surface area is 96.6 Å². The number of aliphatic carboxylic acids is 1. The largest absolute Gasteiger partial charge is 0.480 e. The lowest BCUT2D eigenvalue weighted by Crippen LogP contribution is -2.55. The van der Waals surface area contributed by atoms with Crippen molar-refractivity contribution in [3.63, 3.8) is 0 Å². The van der Waals surface area contributed by atoms with Gasteiger partial charge >= 0.3 is 5.97 Å². The first kappa shape index (κ1) is 14.9. The van der Waals surface area contributed by atoms with E-state index in [1.165, 1.54) is 4.90 Å². The van der Waals surface area contributed by atoms with Crippen molar-refractivity contribution in [2.75, 3.05) is 6.54 Å². The average Bonchev–Trinajstić information content (AvgIpc) is 2.09. The van der Waals surface area contributed by atoms with Crippen LogP contribution in [0.4, 0.5) is 0 Å². The number of hydrogen-bond donors (Lipinski definition) is 2. The zero-order valence-electron chi connectivity index (χ0n) is 10.7. The number of carbonyl (C=O) groups excluding carboxylic acids is 1. The maximum Gasteiger partial charge on any atom is 0.323 e. The highest BCUT2D eigenvalue weighted by Gasteiger charge is 2.32. The van der Waals surface area contributed by atoms with Crippen LogP contribution in [0.5, 0.6) is 0 Å². The number of nitrogens with two attached hydrogens (primary N) is 1. The molecule has 0 aliphatic rings. The molecule has 1 amide bonds. The second-order valence-corrected chi connectivity index (χ2v) is 5.26. The summed E-state index contributed by atoms with van der Waals surface area (Å²) in [4.78, 5) is 24.0. The molecule has 1 atom stereocenters. The molecular formula is C11H22N2O3. The van der Waals surface area contributed by atoms with Gasteiger partial charge in [-0.15, -0.1) is 0 Å². The van der Waals surface area contributed by atoms with Crippen molar-refractivity contribution in [1.29, 1.82) is 0 Å². The molecule has 1 unspecified atom stereocenters. The van der Waals surface area contributed by atoms with Gasteiger partial charge in [-0.2, -0.15) is 0 Å². The monoisotopic (exact) mass is 230 g/mol. The van der Waals surface area contributed by atoms with Crippen LogP contribution in [-0.2, 0) is 9.59 Å². The van der Waals surface area contributed by atoms with Gasteiger partial charge in [-0.05, 0) is 26.7 Å². The van der Waals surface area contributed by atoms with E-state index in [0.717, 1.165) is 0 Å². The van der Waals surface area contributed by atoms with E-state index in [2.05, 4.69) is 0 Å². The highest BCUT2D eigenvalue weighted by molar-refractivity contribution is 5.86. The Morgan fingerprint density at radius 1 is 1.31 bits per heavy atom. The number of carbonyl (C=O) groups is 2. The van der Waals surface area contributed by atoms with Crippen LogP contribution in [0.25, 0.3) is 0 Å². The molecule has 0 saturated heterocycles. The summed E-state index contributed by atoms with van der Waals surface area (Å²) in [6, 6.07) is -0.654. The van der Waals surface area contributed by atoms with E-state index in [9.17, 15) is 9.59 Å². The molecule has 0 fully saturated rings. The van der Waals surface area contributed by atoms with Crippen molar-refractivity contribution in [3.05, 3.63) is 0 Å². The lowest BCUT2D eigenvalue weighted by Gasteiger charge is -2.36. The van der Waals surface area contributed by atoms with E-state index in [0.29, 0.717) is 0 Å². The third-order valence-corrected chi connectivity index (χ3v) is 2.37. The molecule has 94 valence electrons. The molecule has 5 nitrogen and oxygen atoms in total. The average molecular weight is 230 g/mol. The van der Waals surface area contributed by atoms with Crippen molar-refractivity contribution in [3.8, 4) is 0 Å². The summed E-state index contributed by atoms with van der Waals surface area (Å²) >= 11 is 0. The molecule has 3 N–H and O–H groups in total. The van der Waals surface area contributed by atoms with E-state index in [1.54, 1.807) is 20.8 Å². The molecule has 0 aromatic carbocycles. The SMILES string of the molecule is CC(C)C(N)C(=O)N(CC(=O)O)C(C)(C)C. The summed E-state index contributed by atoms with van der Waals surface area (Å²) in [7, 11) is 0. The quantitative estimate of drug-likeness (QED) is 0.744. The topological polar surface area (TPSA) is 83.6 Å². The third-order valence-electron chi connectivity index (χ3n) is 2.37. The van der Waals surface area contributed by atoms with Crippen molar-refractivity contribution in [1.82, 2.24) is 4.90 Å². The van der Waals surface area contributed by atoms with Crippen molar-refractivity contribution in [2.45, 2.75) is 46.2 Å². The Hall–Kier alpha value is -1.10. The molecule has 16 heavy (non-hydrogen) atoms. The van der Waals surface area contributed by atoms with Crippen LogP contribution in [0, 0.1) is 5.92 Å². The number of hydrogen-bond acceptors (Lipinski definition) is 3. The smallest absolute Gasteiger partial charge is 0.323 e. The van der Waals surface area contributed by atoms with Gasteiger partial charge < -0.3 is 15.7 Å². The van der Waals surface area contributed by atoms with E-state index in [-0.39, 0.29) is 18.4 Å². The summed E-state index contributed by atoms with van der Waals surface area (Å²) in [5, 5.41) is 8.78. The summed E-state index contributed by atoms with van der Waals surface area (Å²) in [6.07, 6.45) is 0. The summed E-state index contributed by atoms with van der Waals surface area (Å²) < 4.78 is 0. The lowest BCUT2D eigenvalue weighted by atomic mass is 9.99. The zero-order chi connectivity index (χ0) is 13.1. The Morgan fingerprint density at radius 2 is 1.75 bits per heavy atom. The van der Waals surface area contributed by atoms with Crippen molar-refractivity contribution >= 4 is 11.9 Å². The highest BCUT2D eigenvalue weighted by Crippen LogP contribution is 2.16. The van der Waals surface area contributed by atoms with Gasteiger partial charge in [0.25, 0.3) is 0 Å². The third kappa shape index (κ3) is 4.18. The van der Waals surface area contributed by atoms with Crippen LogP contribution in [0.2, 0.25) is 0 Å². The van der Waals surface area contributed by atoms with Crippen LogP contribution in [0.1, 0.15) is 34.6 Å². The molecular weight excluding hydrogens is 208 g/mol. The minimum absolute atomic E-state index is 0.00820. The second-order valence-electron chi connectivity index (χ2n) is 5.26. The second kappa shape index (κ2) is 5.30. The molecule has 0 radical (unpaired) electrons. The van der Waals surface area contributed by atoms with Crippen molar-refractivity contribution in [2.24, 2.45) is 11.7 Å². The molecule has 0 aliphatic carbocycles. The summed E-state index contributed by atoms with van der Waals surface area (Å²) in [5.41, 5.74) is 5.21. The van der Waals surface area contributed by atoms with Gasteiger partial charge in [0, 0.05) is 5.54 Å². The fraction of sp³-hybridized carbons (Fsp3) is 0.818. The molecule has 0 aliphatic heterocycles. The summed E-state index contributed by atoms with van der Waals surface area (Å²) in [5.74, 6) is -1.35. The molecule has 0 heterocycles. The van der Waals surface area contributed by atoms with Gasteiger partial charge in [-0.1, -0.05) is 13.8 Å². The fourth-order valence-corrected chi connectivity index (χ4v) is 1.25. The van der Waals surface area contributed by atoms with E-state index < -0.39 is 17.6 Å². The van der Waals surface area contributed by atoms with Gasteiger partial charge in [0.2, 0.25) is 5.91 Å². The highest BCUT2D eigenvalue weighted by atomic mass is 16.4. The Balaban J connectivity index is 4.91.